The number of carbonyl (C=O) groups excluding carboxylic acids is 1. The Kier molecular flexibility index (Phi) is 8.89. The number of benzene rings is 3. The van der Waals surface area contributed by atoms with E-state index < -0.39 is 29.4 Å². The van der Waals surface area contributed by atoms with Crippen LogP contribution in [0.25, 0.3) is 16.9 Å². The molecule has 0 saturated carbocycles. The molecule has 1 atom stereocenters. The molecule has 0 aliphatic carbocycles. The summed E-state index contributed by atoms with van der Waals surface area (Å²) < 4.78 is 34.7. The lowest BCUT2D eigenvalue weighted by Gasteiger charge is -2.28. The summed E-state index contributed by atoms with van der Waals surface area (Å²) in [4.78, 5) is 30.8. The van der Waals surface area contributed by atoms with Gasteiger partial charge in [0.1, 0.15) is 12.4 Å². The zero-order chi connectivity index (χ0) is 34.2. The van der Waals surface area contributed by atoms with Crippen LogP contribution in [-0.2, 0) is 22.6 Å². The summed E-state index contributed by atoms with van der Waals surface area (Å²) in [5.41, 5.74) is 3.60. The highest BCUT2D eigenvalue weighted by Gasteiger charge is 2.34. The molecule has 0 saturated heterocycles. The number of carboxylic acids is 1. The van der Waals surface area contributed by atoms with Crippen LogP contribution in [-0.4, -0.2) is 43.8 Å². The molecule has 2 aromatic heterocycles. The second-order valence-electron chi connectivity index (χ2n) is 12.8. The van der Waals surface area contributed by atoms with Gasteiger partial charge in [0.25, 0.3) is 5.91 Å². The van der Waals surface area contributed by atoms with Gasteiger partial charge < -0.3 is 24.6 Å². The van der Waals surface area contributed by atoms with Crippen LogP contribution in [0.1, 0.15) is 71.6 Å². The van der Waals surface area contributed by atoms with Crippen molar-refractivity contribution in [3.63, 3.8) is 0 Å². The topological polar surface area (TPSA) is 124 Å². The molecule has 1 aliphatic heterocycles. The number of ether oxygens (including phenoxy) is 3. The fourth-order valence-electron chi connectivity index (χ4n) is 5.91. The summed E-state index contributed by atoms with van der Waals surface area (Å²) in [5, 5.41) is 17.9. The van der Waals surface area contributed by atoms with Gasteiger partial charge in [-0.15, -0.1) is 5.10 Å². The van der Waals surface area contributed by atoms with E-state index >= 15 is 4.39 Å². The minimum Gasteiger partial charge on any atom is -0.490 e. The highest BCUT2D eigenvalue weighted by molar-refractivity contribution is 6.04. The summed E-state index contributed by atoms with van der Waals surface area (Å²) in [5.74, 6) is -1.32. The minimum atomic E-state index is -1.45. The number of aromatic nitrogens is 3. The van der Waals surface area contributed by atoms with Crippen LogP contribution < -0.4 is 14.8 Å². The molecule has 2 N–H and O–H groups in total. The first-order valence-corrected chi connectivity index (χ1v) is 15.7. The first kappa shape index (κ1) is 32.6. The monoisotopic (exact) mass is 652 g/mol. The van der Waals surface area contributed by atoms with Gasteiger partial charge in [-0.25, -0.2) is 18.7 Å². The van der Waals surface area contributed by atoms with Crippen molar-refractivity contribution >= 4 is 23.3 Å². The quantitative estimate of drug-likeness (QED) is 0.171. The molecule has 48 heavy (non-hydrogen) atoms. The molecule has 0 radical (unpaired) electrons. The lowest BCUT2D eigenvalue weighted by atomic mass is 9.91. The van der Waals surface area contributed by atoms with Crippen LogP contribution in [0.15, 0.2) is 66.7 Å². The van der Waals surface area contributed by atoms with E-state index in [2.05, 4.69) is 15.4 Å². The Bertz CT molecular complexity index is 2020. The third-order valence-corrected chi connectivity index (χ3v) is 8.06. The normalized spacial score (nSPS) is 13.5. The second-order valence-corrected chi connectivity index (χ2v) is 12.8. The fraction of sp³-hybridized carbons (Fsp3) is 0.297. The molecule has 3 heterocycles. The summed E-state index contributed by atoms with van der Waals surface area (Å²) in [6.45, 7) is 9.57. The van der Waals surface area contributed by atoms with Crippen LogP contribution >= 0.6 is 0 Å². The Hall–Kier alpha value is -5.29. The molecule has 0 bridgehead atoms. The van der Waals surface area contributed by atoms with Gasteiger partial charge in [0.05, 0.1) is 17.9 Å². The SMILES string of the molecule is Cc1nc2cc(NC(=O)c3cccc(OCc4ccccc4)c3)nn2c(-c2cc(F)c3c(c2C)CCCO3)c1[C@H](OC(C)(C)C)C(=O)O. The van der Waals surface area contributed by atoms with Crippen molar-refractivity contribution in [2.45, 2.75) is 65.8 Å². The zero-order valence-electron chi connectivity index (χ0n) is 27.5. The molecule has 3 aromatic carbocycles. The molecule has 10 nitrogen and oxygen atoms in total. The zero-order valence-corrected chi connectivity index (χ0v) is 27.5. The maximum Gasteiger partial charge on any atom is 0.337 e. The second kappa shape index (κ2) is 13.1. The summed E-state index contributed by atoms with van der Waals surface area (Å²) in [6, 6.07) is 19.4. The van der Waals surface area contributed by atoms with Crippen molar-refractivity contribution in [1.29, 1.82) is 0 Å². The molecule has 248 valence electrons. The van der Waals surface area contributed by atoms with Gasteiger partial charge in [0.15, 0.2) is 29.1 Å². The number of nitrogens with one attached hydrogen (secondary N) is 1. The number of rotatable bonds is 9. The number of nitrogens with zero attached hydrogens (tertiary/aromatic N) is 3. The van der Waals surface area contributed by atoms with Gasteiger partial charge in [0.2, 0.25) is 0 Å². The van der Waals surface area contributed by atoms with Crippen molar-refractivity contribution in [2.75, 3.05) is 11.9 Å². The van der Waals surface area contributed by atoms with Crippen molar-refractivity contribution in [3.05, 3.63) is 106 Å². The molecular weight excluding hydrogens is 615 g/mol. The van der Waals surface area contributed by atoms with Gasteiger partial charge in [0, 0.05) is 34.0 Å². The number of aryl methyl sites for hydroxylation is 1. The van der Waals surface area contributed by atoms with Gasteiger partial charge in [-0.05, 0) is 82.9 Å². The third kappa shape index (κ3) is 6.72. The maximum absolute atomic E-state index is 15.6. The van der Waals surface area contributed by atoms with Gasteiger partial charge >= 0.3 is 5.97 Å². The van der Waals surface area contributed by atoms with Crippen molar-refractivity contribution in [3.8, 4) is 22.8 Å². The van der Waals surface area contributed by atoms with E-state index in [1.165, 1.54) is 10.6 Å². The number of carboxylic acid groups (broad SMARTS) is 1. The lowest BCUT2D eigenvalue weighted by molar-refractivity contribution is -0.160. The predicted octanol–water partition coefficient (Wildman–Crippen LogP) is 7.25. The number of amides is 1. The van der Waals surface area contributed by atoms with E-state index in [1.807, 2.05) is 37.3 Å². The Labute approximate surface area is 277 Å². The third-order valence-electron chi connectivity index (χ3n) is 8.06. The summed E-state index contributed by atoms with van der Waals surface area (Å²) in [6.07, 6.45) is -0.132. The van der Waals surface area contributed by atoms with Crippen LogP contribution in [0.4, 0.5) is 10.2 Å². The number of aliphatic carboxylic acids is 1. The molecule has 11 heteroatoms. The van der Waals surface area contributed by atoms with E-state index in [0.29, 0.717) is 59.1 Å². The van der Waals surface area contributed by atoms with Crippen LogP contribution in [0.3, 0.4) is 0 Å². The number of carbonyl (C=O) groups is 2. The molecule has 6 rings (SSSR count). The van der Waals surface area contributed by atoms with E-state index in [-0.39, 0.29) is 17.1 Å². The number of hydrogen-bond acceptors (Lipinski definition) is 7. The maximum atomic E-state index is 15.6. The smallest absolute Gasteiger partial charge is 0.337 e. The van der Waals surface area contributed by atoms with Gasteiger partial charge in [-0.1, -0.05) is 36.4 Å². The lowest BCUT2D eigenvalue weighted by Crippen LogP contribution is -2.29. The molecule has 0 unspecified atom stereocenters. The molecular formula is C37H37FN4O6. The highest BCUT2D eigenvalue weighted by Crippen LogP contribution is 2.41. The van der Waals surface area contributed by atoms with Crippen LogP contribution in [0.2, 0.25) is 0 Å². The van der Waals surface area contributed by atoms with Crippen LogP contribution in [0, 0.1) is 19.7 Å². The average Bonchev–Trinajstić information content (AvgIpc) is 3.45. The summed E-state index contributed by atoms with van der Waals surface area (Å²) >= 11 is 0. The largest absolute Gasteiger partial charge is 0.490 e. The Morgan fingerprint density at radius 3 is 2.58 bits per heavy atom. The molecule has 1 amide bonds. The molecule has 0 spiro atoms. The predicted molar refractivity (Wildman–Crippen MR) is 178 cm³/mol. The van der Waals surface area contributed by atoms with Crippen molar-refractivity contribution in [1.82, 2.24) is 14.6 Å². The molecule has 0 fully saturated rings. The molecule has 5 aromatic rings. The van der Waals surface area contributed by atoms with Crippen molar-refractivity contribution in [2.24, 2.45) is 0 Å². The first-order chi connectivity index (χ1) is 22.9. The van der Waals surface area contributed by atoms with E-state index in [1.54, 1.807) is 58.0 Å². The minimum absolute atomic E-state index is 0.170. The Balaban J connectivity index is 1.43. The Morgan fingerprint density at radius 2 is 1.85 bits per heavy atom. The van der Waals surface area contributed by atoms with Gasteiger partial charge in [-0.3, -0.25) is 4.79 Å². The summed E-state index contributed by atoms with van der Waals surface area (Å²) in [7, 11) is 0. The first-order valence-electron chi connectivity index (χ1n) is 15.7. The number of halogens is 1. The number of hydrogen-bond donors (Lipinski definition) is 2. The van der Waals surface area contributed by atoms with E-state index in [9.17, 15) is 14.7 Å². The van der Waals surface area contributed by atoms with Crippen molar-refractivity contribution < 1.29 is 33.3 Å². The number of anilines is 1. The van der Waals surface area contributed by atoms with Gasteiger partial charge in [-0.2, -0.15) is 0 Å². The molecule has 1 aliphatic rings. The van der Waals surface area contributed by atoms with E-state index in [0.717, 1.165) is 17.5 Å². The van der Waals surface area contributed by atoms with E-state index in [4.69, 9.17) is 14.2 Å². The highest BCUT2D eigenvalue weighted by atomic mass is 19.1. The fourth-order valence-corrected chi connectivity index (χ4v) is 5.91. The average molecular weight is 653 g/mol. The standard InChI is InChI=1S/C37H37FN4O6/c1-21-26-15-10-16-46-33(26)28(38)18-27(21)32-31(34(36(44)45)48-37(3,4)5)22(2)39-30-19-29(41-42(30)32)40-35(43)24-13-9-14-25(17-24)47-20-23-11-7-6-8-12-23/h6-9,11-14,17-19,34H,10,15-16,20H2,1-5H3,(H,44,45)(H,40,41,43)/t34-/m0/s1. The Morgan fingerprint density at radius 1 is 1.08 bits per heavy atom. The van der Waals surface area contributed by atoms with Crippen LogP contribution in [0.5, 0.6) is 11.5 Å². The number of fused-ring (bicyclic) bond motifs is 2.